The summed E-state index contributed by atoms with van der Waals surface area (Å²) >= 11 is 3.74. The van der Waals surface area contributed by atoms with Crippen molar-refractivity contribution in [2.24, 2.45) is 0 Å². The molecule has 3 nitrogen and oxygen atoms in total. The van der Waals surface area contributed by atoms with E-state index >= 15 is 0 Å². The molecule has 0 bridgehead atoms. The maximum Gasteiger partial charge on any atom is 0.192 e. The van der Waals surface area contributed by atoms with E-state index in [4.69, 9.17) is 5.73 Å². The maximum absolute atomic E-state index is 5.92. The summed E-state index contributed by atoms with van der Waals surface area (Å²) in [6.07, 6.45) is 0. The van der Waals surface area contributed by atoms with Gasteiger partial charge in [0, 0.05) is 27.5 Å². The van der Waals surface area contributed by atoms with Crippen molar-refractivity contribution in [1.29, 1.82) is 0 Å². The van der Waals surface area contributed by atoms with Gasteiger partial charge in [-0.3, -0.25) is 0 Å². The van der Waals surface area contributed by atoms with Crippen LogP contribution in [0.4, 0.5) is 5.69 Å². The lowest BCUT2D eigenvalue weighted by Crippen LogP contribution is -1.93. The van der Waals surface area contributed by atoms with Gasteiger partial charge in [-0.05, 0) is 13.8 Å². The molecule has 0 amide bonds. The SMILES string of the molecule is Cc1sc2nc(I)nc(C)c2c1N. The van der Waals surface area contributed by atoms with Crippen molar-refractivity contribution in [2.75, 3.05) is 5.73 Å². The predicted octanol–water partition coefficient (Wildman–Crippen LogP) is 2.49. The van der Waals surface area contributed by atoms with E-state index in [1.165, 1.54) is 0 Å². The molecule has 0 saturated heterocycles. The number of nitrogens with zero attached hydrogens (tertiary/aromatic N) is 2. The van der Waals surface area contributed by atoms with Gasteiger partial charge in [-0.2, -0.15) is 0 Å². The zero-order chi connectivity index (χ0) is 9.59. The van der Waals surface area contributed by atoms with E-state index in [9.17, 15) is 0 Å². The van der Waals surface area contributed by atoms with E-state index in [-0.39, 0.29) is 0 Å². The Morgan fingerprint density at radius 2 is 2.00 bits per heavy atom. The highest BCUT2D eigenvalue weighted by Gasteiger charge is 2.11. The van der Waals surface area contributed by atoms with E-state index in [1.807, 2.05) is 13.8 Å². The van der Waals surface area contributed by atoms with Gasteiger partial charge in [0.15, 0.2) is 3.83 Å². The molecule has 0 aliphatic heterocycles. The van der Waals surface area contributed by atoms with Gasteiger partial charge in [-0.15, -0.1) is 11.3 Å². The standard InChI is InChI=1S/C8H8IN3S/c1-3-5-6(10)4(2)13-7(5)12-8(9)11-3/h10H2,1-2H3. The number of thiophene rings is 1. The van der Waals surface area contributed by atoms with Crippen LogP contribution in [0.5, 0.6) is 0 Å². The Morgan fingerprint density at radius 3 is 2.69 bits per heavy atom. The van der Waals surface area contributed by atoms with Crippen LogP contribution in [0.25, 0.3) is 10.2 Å². The second kappa shape index (κ2) is 3.06. The number of nitrogen functional groups attached to an aromatic ring is 1. The molecule has 68 valence electrons. The molecule has 0 saturated carbocycles. The predicted molar refractivity (Wildman–Crippen MR) is 64.0 cm³/mol. The minimum Gasteiger partial charge on any atom is -0.397 e. The van der Waals surface area contributed by atoms with Crippen LogP contribution in [0.3, 0.4) is 0 Å². The maximum atomic E-state index is 5.92. The van der Waals surface area contributed by atoms with Gasteiger partial charge in [0.05, 0.1) is 16.8 Å². The van der Waals surface area contributed by atoms with Crippen LogP contribution < -0.4 is 5.73 Å². The average Bonchev–Trinajstić information content (AvgIpc) is 2.27. The molecule has 0 unspecified atom stereocenters. The van der Waals surface area contributed by atoms with Crippen LogP contribution in [-0.4, -0.2) is 9.97 Å². The number of rotatable bonds is 0. The first-order valence-corrected chi connectivity index (χ1v) is 5.68. The number of aromatic nitrogens is 2. The van der Waals surface area contributed by atoms with Gasteiger partial charge in [0.1, 0.15) is 4.83 Å². The summed E-state index contributed by atoms with van der Waals surface area (Å²) in [6.45, 7) is 3.97. The zero-order valence-electron chi connectivity index (χ0n) is 7.26. The lowest BCUT2D eigenvalue weighted by Gasteiger charge is -1.97. The third-order valence-electron chi connectivity index (χ3n) is 1.93. The van der Waals surface area contributed by atoms with E-state index in [0.29, 0.717) is 0 Å². The third kappa shape index (κ3) is 1.39. The molecule has 0 aliphatic carbocycles. The molecule has 0 radical (unpaired) electrons. The number of hydrogen-bond acceptors (Lipinski definition) is 4. The molecule has 0 fully saturated rings. The van der Waals surface area contributed by atoms with Crippen LogP contribution in [-0.2, 0) is 0 Å². The minimum atomic E-state index is 0.781. The molecule has 2 aromatic rings. The first-order valence-electron chi connectivity index (χ1n) is 3.78. The number of nitrogens with two attached hydrogens (primary N) is 1. The van der Waals surface area contributed by atoms with Gasteiger partial charge in [0.25, 0.3) is 0 Å². The first-order chi connectivity index (χ1) is 6.09. The number of hydrogen-bond donors (Lipinski definition) is 1. The average molecular weight is 305 g/mol. The fourth-order valence-electron chi connectivity index (χ4n) is 1.27. The Labute approximate surface area is 93.5 Å². The van der Waals surface area contributed by atoms with Crippen molar-refractivity contribution >= 4 is 49.8 Å². The van der Waals surface area contributed by atoms with Crippen molar-refractivity contribution in [2.45, 2.75) is 13.8 Å². The van der Waals surface area contributed by atoms with E-state index in [1.54, 1.807) is 11.3 Å². The summed E-state index contributed by atoms with van der Waals surface area (Å²) in [4.78, 5) is 10.7. The number of halogens is 1. The topological polar surface area (TPSA) is 51.8 Å². The highest BCUT2D eigenvalue weighted by Crippen LogP contribution is 2.33. The Morgan fingerprint density at radius 1 is 1.31 bits per heavy atom. The quantitative estimate of drug-likeness (QED) is 0.601. The highest BCUT2D eigenvalue weighted by atomic mass is 127. The molecular formula is C8H8IN3S. The first kappa shape index (κ1) is 9.14. The molecule has 0 spiro atoms. The fraction of sp³-hybridized carbons (Fsp3) is 0.250. The van der Waals surface area contributed by atoms with Crippen molar-refractivity contribution < 1.29 is 0 Å². The summed E-state index contributed by atoms with van der Waals surface area (Å²) in [7, 11) is 0. The largest absolute Gasteiger partial charge is 0.397 e. The molecule has 2 N–H and O–H groups in total. The summed E-state index contributed by atoms with van der Waals surface area (Å²) in [5.41, 5.74) is 7.71. The number of anilines is 1. The summed E-state index contributed by atoms with van der Waals surface area (Å²) in [5.74, 6) is 0. The van der Waals surface area contributed by atoms with Crippen LogP contribution in [0.15, 0.2) is 0 Å². The Balaban J connectivity index is 2.94. The molecule has 0 atom stereocenters. The van der Waals surface area contributed by atoms with Crippen LogP contribution >= 0.6 is 33.9 Å². The second-order valence-electron chi connectivity index (χ2n) is 2.83. The van der Waals surface area contributed by atoms with Crippen LogP contribution in [0, 0.1) is 17.7 Å². The number of fused-ring (bicyclic) bond motifs is 1. The van der Waals surface area contributed by atoms with Crippen molar-refractivity contribution in [3.63, 3.8) is 0 Å². The molecule has 0 aromatic carbocycles. The Kier molecular flexibility index (Phi) is 2.15. The molecule has 5 heteroatoms. The summed E-state index contributed by atoms with van der Waals surface area (Å²) in [6, 6.07) is 0. The zero-order valence-corrected chi connectivity index (χ0v) is 10.2. The molecule has 2 rings (SSSR count). The van der Waals surface area contributed by atoms with Crippen LogP contribution in [0.1, 0.15) is 10.6 Å². The van der Waals surface area contributed by atoms with Crippen LogP contribution in [0.2, 0.25) is 0 Å². The molecular weight excluding hydrogens is 297 g/mol. The van der Waals surface area contributed by atoms with Crippen molar-refractivity contribution in [3.8, 4) is 0 Å². The molecule has 2 aromatic heterocycles. The lowest BCUT2D eigenvalue weighted by molar-refractivity contribution is 1.11. The molecule has 13 heavy (non-hydrogen) atoms. The van der Waals surface area contributed by atoms with Crippen molar-refractivity contribution in [1.82, 2.24) is 9.97 Å². The normalized spacial score (nSPS) is 11.0. The Hall–Kier alpha value is -0.430. The summed E-state index contributed by atoms with van der Waals surface area (Å²) < 4.78 is 0.781. The van der Waals surface area contributed by atoms with Gasteiger partial charge < -0.3 is 5.73 Å². The lowest BCUT2D eigenvalue weighted by atomic mass is 10.2. The van der Waals surface area contributed by atoms with E-state index in [0.717, 1.165) is 30.3 Å². The van der Waals surface area contributed by atoms with Gasteiger partial charge in [-0.25, -0.2) is 9.97 Å². The molecule has 0 aliphatic rings. The Bertz CT molecular complexity index is 478. The number of aryl methyl sites for hydroxylation is 2. The molecule has 2 heterocycles. The van der Waals surface area contributed by atoms with Gasteiger partial charge in [-0.1, -0.05) is 0 Å². The second-order valence-corrected chi connectivity index (χ2v) is 5.00. The summed E-state index contributed by atoms with van der Waals surface area (Å²) in [5, 5.41) is 1.02. The third-order valence-corrected chi connectivity index (χ3v) is 3.43. The fourth-order valence-corrected chi connectivity index (χ4v) is 3.03. The van der Waals surface area contributed by atoms with E-state index < -0.39 is 0 Å². The van der Waals surface area contributed by atoms with Crippen molar-refractivity contribution in [3.05, 3.63) is 14.4 Å². The minimum absolute atomic E-state index is 0.781. The van der Waals surface area contributed by atoms with E-state index in [2.05, 4.69) is 32.6 Å². The monoisotopic (exact) mass is 305 g/mol. The van der Waals surface area contributed by atoms with Gasteiger partial charge in [0.2, 0.25) is 0 Å². The van der Waals surface area contributed by atoms with Gasteiger partial charge >= 0.3 is 0 Å². The highest BCUT2D eigenvalue weighted by molar-refractivity contribution is 14.1. The smallest absolute Gasteiger partial charge is 0.192 e.